The van der Waals surface area contributed by atoms with Crippen LogP contribution < -0.4 is 11.1 Å². The number of rotatable bonds is 6. The number of nitrogens with two attached hydrogens (primary N) is 1. The molecule has 1 heterocycles. The minimum Gasteiger partial charge on any atom is -0.480 e. The van der Waals surface area contributed by atoms with Gasteiger partial charge in [0, 0.05) is 6.54 Å². The molecular formula is C12H21N3O4S. The Labute approximate surface area is 122 Å². The SMILES string of the molecule is CSCCC(NC(N)=O)C(=O)N1CCCCC1C(=O)O. The number of hydrogen-bond donors (Lipinski definition) is 3. The molecule has 1 fully saturated rings. The van der Waals surface area contributed by atoms with E-state index < -0.39 is 24.1 Å². The molecule has 1 saturated heterocycles. The lowest BCUT2D eigenvalue weighted by Gasteiger charge is -2.35. The standard InChI is InChI=1S/C12H21N3O4S/c1-20-7-5-8(14-12(13)19)10(16)15-6-3-2-4-9(15)11(17)18/h8-9H,2-7H2,1H3,(H,17,18)(H3,13,14,19). The van der Waals surface area contributed by atoms with E-state index in [2.05, 4.69) is 5.32 Å². The Kier molecular flexibility index (Phi) is 6.63. The first-order valence-corrected chi connectivity index (χ1v) is 7.95. The van der Waals surface area contributed by atoms with Gasteiger partial charge >= 0.3 is 12.0 Å². The van der Waals surface area contributed by atoms with Gasteiger partial charge in [-0.05, 0) is 37.7 Å². The Bertz CT molecular complexity index is 378. The first-order chi connectivity index (χ1) is 9.47. The number of carbonyl (C=O) groups excluding carboxylic acids is 2. The second kappa shape index (κ2) is 7.98. The maximum atomic E-state index is 12.4. The average Bonchev–Trinajstić information content (AvgIpc) is 2.42. The lowest BCUT2D eigenvalue weighted by molar-refractivity contribution is -0.152. The second-order valence-electron chi connectivity index (χ2n) is 4.72. The molecule has 0 aliphatic carbocycles. The molecule has 1 aliphatic heterocycles. The molecule has 2 unspecified atom stereocenters. The van der Waals surface area contributed by atoms with E-state index in [9.17, 15) is 19.5 Å². The summed E-state index contributed by atoms with van der Waals surface area (Å²) in [7, 11) is 0. The van der Waals surface area contributed by atoms with Gasteiger partial charge in [0.2, 0.25) is 5.91 Å². The van der Waals surface area contributed by atoms with Crippen molar-refractivity contribution in [2.24, 2.45) is 5.73 Å². The van der Waals surface area contributed by atoms with Crippen molar-refractivity contribution in [1.82, 2.24) is 10.2 Å². The van der Waals surface area contributed by atoms with Gasteiger partial charge in [0.05, 0.1) is 0 Å². The number of carbonyl (C=O) groups is 3. The van der Waals surface area contributed by atoms with E-state index in [1.807, 2.05) is 6.26 Å². The molecule has 0 bridgehead atoms. The molecule has 0 radical (unpaired) electrons. The lowest BCUT2D eigenvalue weighted by Crippen LogP contribution is -2.56. The number of carboxylic acid groups (broad SMARTS) is 1. The zero-order valence-corrected chi connectivity index (χ0v) is 12.3. The highest BCUT2D eigenvalue weighted by Crippen LogP contribution is 2.19. The van der Waals surface area contributed by atoms with Crippen molar-refractivity contribution in [1.29, 1.82) is 0 Å². The first-order valence-electron chi connectivity index (χ1n) is 6.55. The van der Waals surface area contributed by atoms with Crippen molar-refractivity contribution in [3.63, 3.8) is 0 Å². The summed E-state index contributed by atoms with van der Waals surface area (Å²) in [6.07, 6.45) is 4.35. The van der Waals surface area contributed by atoms with E-state index in [-0.39, 0.29) is 5.91 Å². The van der Waals surface area contributed by atoms with E-state index in [0.29, 0.717) is 25.1 Å². The van der Waals surface area contributed by atoms with Crippen LogP contribution in [-0.4, -0.2) is 58.6 Å². The van der Waals surface area contributed by atoms with E-state index in [0.717, 1.165) is 12.8 Å². The van der Waals surface area contributed by atoms with Gasteiger partial charge in [-0.25, -0.2) is 9.59 Å². The monoisotopic (exact) mass is 303 g/mol. The molecule has 0 aromatic rings. The molecule has 4 N–H and O–H groups in total. The van der Waals surface area contributed by atoms with Crippen molar-refractivity contribution < 1.29 is 19.5 Å². The lowest BCUT2D eigenvalue weighted by atomic mass is 10.0. The highest BCUT2D eigenvalue weighted by atomic mass is 32.2. The summed E-state index contributed by atoms with van der Waals surface area (Å²) >= 11 is 1.55. The maximum absolute atomic E-state index is 12.4. The number of urea groups is 1. The van der Waals surface area contributed by atoms with Crippen molar-refractivity contribution in [2.45, 2.75) is 37.8 Å². The quantitative estimate of drug-likeness (QED) is 0.650. The first kappa shape index (κ1) is 16.6. The predicted molar refractivity (Wildman–Crippen MR) is 76.5 cm³/mol. The van der Waals surface area contributed by atoms with E-state index in [4.69, 9.17) is 5.73 Å². The summed E-state index contributed by atoms with van der Waals surface area (Å²) in [6.45, 7) is 0.409. The molecule has 2 atom stereocenters. The summed E-state index contributed by atoms with van der Waals surface area (Å²) in [5.74, 6) is -0.673. The summed E-state index contributed by atoms with van der Waals surface area (Å²) in [6, 6.07) is -2.32. The molecule has 0 spiro atoms. The van der Waals surface area contributed by atoms with Crippen LogP contribution >= 0.6 is 11.8 Å². The minimum atomic E-state index is -0.999. The summed E-state index contributed by atoms with van der Waals surface area (Å²) < 4.78 is 0. The summed E-state index contributed by atoms with van der Waals surface area (Å²) in [5.41, 5.74) is 5.08. The third-order valence-electron chi connectivity index (χ3n) is 3.30. The zero-order valence-electron chi connectivity index (χ0n) is 11.5. The molecule has 0 saturated carbocycles. The highest BCUT2D eigenvalue weighted by molar-refractivity contribution is 7.98. The fraction of sp³-hybridized carbons (Fsp3) is 0.750. The van der Waals surface area contributed by atoms with Crippen LogP contribution in [0.15, 0.2) is 0 Å². The molecule has 1 rings (SSSR count). The highest BCUT2D eigenvalue weighted by Gasteiger charge is 2.35. The third kappa shape index (κ3) is 4.59. The van der Waals surface area contributed by atoms with Crippen LogP contribution in [0.4, 0.5) is 4.79 Å². The molecular weight excluding hydrogens is 282 g/mol. The van der Waals surface area contributed by atoms with Gasteiger partial charge in [-0.3, -0.25) is 4.79 Å². The molecule has 0 aromatic heterocycles. The van der Waals surface area contributed by atoms with Gasteiger partial charge in [0.15, 0.2) is 0 Å². The Morgan fingerprint density at radius 3 is 2.70 bits per heavy atom. The number of nitrogens with one attached hydrogen (secondary N) is 1. The number of carboxylic acids is 1. The Balaban J connectivity index is 2.79. The molecule has 20 heavy (non-hydrogen) atoms. The number of nitrogens with zero attached hydrogens (tertiary/aromatic N) is 1. The van der Waals surface area contributed by atoms with Gasteiger partial charge in [0.1, 0.15) is 12.1 Å². The maximum Gasteiger partial charge on any atom is 0.326 e. The van der Waals surface area contributed by atoms with E-state index >= 15 is 0 Å². The largest absolute Gasteiger partial charge is 0.480 e. The molecule has 114 valence electrons. The minimum absolute atomic E-state index is 0.357. The van der Waals surface area contributed by atoms with E-state index in [1.165, 1.54) is 4.90 Å². The fourth-order valence-electron chi connectivity index (χ4n) is 2.32. The molecule has 3 amide bonds. The van der Waals surface area contributed by atoms with E-state index in [1.54, 1.807) is 11.8 Å². The van der Waals surface area contributed by atoms with Crippen LogP contribution in [0.1, 0.15) is 25.7 Å². The van der Waals surface area contributed by atoms with Crippen molar-refractivity contribution >= 4 is 29.7 Å². The molecule has 7 nitrogen and oxygen atoms in total. The number of aliphatic carboxylic acids is 1. The fourth-order valence-corrected chi connectivity index (χ4v) is 2.79. The van der Waals surface area contributed by atoms with Crippen LogP contribution in [0, 0.1) is 0 Å². The zero-order chi connectivity index (χ0) is 15.1. The van der Waals surface area contributed by atoms with Crippen molar-refractivity contribution in [3.05, 3.63) is 0 Å². The van der Waals surface area contributed by atoms with Gasteiger partial charge in [-0.2, -0.15) is 11.8 Å². The Morgan fingerprint density at radius 1 is 1.45 bits per heavy atom. The van der Waals surface area contributed by atoms with Crippen LogP contribution in [0.5, 0.6) is 0 Å². The Hall–Kier alpha value is -1.44. The normalized spacial score (nSPS) is 20.2. The average molecular weight is 303 g/mol. The second-order valence-corrected chi connectivity index (χ2v) is 5.71. The van der Waals surface area contributed by atoms with Crippen LogP contribution in [-0.2, 0) is 9.59 Å². The van der Waals surface area contributed by atoms with Gasteiger partial charge in [-0.15, -0.1) is 0 Å². The van der Waals surface area contributed by atoms with Gasteiger partial charge in [-0.1, -0.05) is 0 Å². The molecule has 1 aliphatic rings. The summed E-state index contributed by atoms with van der Waals surface area (Å²) in [4.78, 5) is 36.0. The van der Waals surface area contributed by atoms with Crippen molar-refractivity contribution in [2.75, 3.05) is 18.6 Å². The predicted octanol–water partition coefficient (Wildman–Crippen LogP) is 0.242. The number of primary amides is 1. The van der Waals surface area contributed by atoms with Crippen LogP contribution in [0.25, 0.3) is 0 Å². The number of likely N-dealkylation sites (tertiary alicyclic amines) is 1. The third-order valence-corrected chi connectivity index (χ3v) is 3.94. The molecule has 0 aromatic carbocycles. The smallest absolute Gasteiger partial charge is 0.326 e. The summed E-state index contributed by atoms with van der Waals surface area (Å²) in [5, 5.41) is 11.6. The Morgan fingerprint density at radius 2 is 2.15 bits per heavy atom. The number of hydrogen-bond acceptors (Lipinski definition) is 4. The number of thioether (sulfide) groups is 1. The number of amides is 3. The molecule has 8 heteroatoms. The number of piperidine rings is 1. The van der Waals surface area contributed by atoms with Crippen molar-refractivity contribution in [3.8, 4) is 0 Å². The van der Waals surface area contributed by atoms with Crippen LogP contribution in [0.3, 0.4) is 0 Å². The topological polar surface area (TPSA) is 113 Å². The van der Waals surface area contributed by atoms with Crippen LogP contribution in [0.2, 0.25) is 0 Å². The van der Waals surface area contributed by atoms with Gasteiger partial charge in [0.25, 0.3) is 0 Å². The van der Waals surface area contributed by atoms with Gasteiger partial charge < -0.3 is 21.1 Å².